The monoisotopic (exact) mass is 545 g/mol. The highest BCUT2D eigenvalue weighted by Gasteiger charge is 2.24. The number of imidazole rings is 1. The molecule has 0 radical (unpaired) electrons. The van der Waals surface area contributed by atoms with E-state index in [2.05, 4.69) is 110 Å². The van der Waals surface area contributed by atoms with Gasteiger partial charge in [0.05, 0.1) is 28.6 Å². The van der Waals surface area contributed by atoms with Crippen LogP contribution in [0.15, 0.2) is 122 Å². The zero-order chi connectivity index (χ0) is 27.9. The van der Waals surface area contributed by atoms with Gasteiger partial charge in [-0.15, -0.1) is 0 Å². The summed E-state index contributed by atoms with van der Waals surface area (Å²) in [7, 11) is 0. The number of hydrogen-bond acceptors (Lipinski definition) is 3. The molecule has 0 saturated heterocycles. The summed E-state index contributed by atoms with van der Waals surface area (Å²) < 4.78 is 4.84. The predicted octanol–water partition coefficient (Wildman–Crippen LogP) is 9.28. The summed E-state index contributed by atoms with van der Waals surface area (Å²) >= 11 is 0. The first-order chi connectivity index (χ1) is 20.9. The van der Waals surface area contributed by atoms with Crippen molar-refractivity contribution >= 4 is 21.8 Å². The molecule has 0 bridgehead atoms. The van der Waals surface area contributed by atoms with Crippen LogP contribution in [0.2, 0.25) is 0 Å². The fourth-order valence-electron chi connectivity index (χ4n) is 6.82. The summed E-state index contributed by atoms with van der Waals surface area (Å²) in [6, 6.07) is 34.9. The third-order valence-corrected chi connectivity index (χ3v) is 8.74. The van der Waals surface area contributed by atoms with Crippen molar-refractivity contribution in [2.75, 3.05) is 0 Å². The number of para-hydroxylation sites is 1. The molecule has 8 rings (SSSR count). The highest BCUT2D eigenvalue weighted by atomic mass is 15.1. The molecule has 4 aromatic heterocycles. The van der Waals surface area contributed by atoms with Gasteiger partial charge < -0.3 is 9.13 Å². The first-order valence-corrected chi connectivity index (χ1v) is 14.9. The molecule has 0 atom stereocenters. The van der Waals surface area contributed by atoms with E-state index in [1.54, 1.807) is 0 Å². The van der Waals surface area contributed by atoms with Gasteiger partial charge in [0, 0.05) is 46.7 Å². The molecule has 204 valence electrons. The molecule has 5 nitrogen and oxygen atoms in total. The molecule has 0 aliphatic heterocycles. The average molecular weight is 546 g/mol. The second-order valence-corrected chi connectivity index (χ2v) is 11.2. The van der Waals surface area contributed by atoms with Gasteiger partial charge in [-0.2, -0.15) is 0 Å². The molecule has 0 spiro atoms. The molecule has 0 unspecified atom stereocenters. The van der Waals surface area contributed by atoms with Crippen LogP contribution in [-0.4, -0.2) is 24.1 Å². The van der Waals surface area contributed by atoms with Crippen LogP contribution < -0.4 is 0 Å². The summed E-state index contributed by atoms with van der Waals surface area (Å²) in [5.41, 5.74) is 9.14. The molecule has 3 aromatic carbocycles. The van der Waals surface area contributed by atoms with Crippen LogP contribution in [0.1, 0.15) is 38.1 Å². The molecule has 4 heterocycles. The van der Waals surface area contributed by atoms with E-state index in [1.807, 2.05) is 30.9 Å². The van der Waals surface area contributed by atoms with Crippen LogP contribution in [0, 0.1) is 0 Å². The van der Waals surface area contributed by atoms with Crippen molar-refractivity contribution in [3.05, 3.63) is 122 Å². The number of hydrogen-bond donors (Lipinski definition) is 0. The lowest BCUT2D eigenvalue weighted by Gasteiger charge is -2.26. The number of fused-ring (bicyclic) bond motifs is 3. The Hall–Kier alpha value is -5.03. The zero-order valence-electron chi connectivity index (χ0n) is 23.4. The topological polar surface area (TPSA) is 48.5 Å². The third-order valence-electron chi connectivity index (χ3n) is 8.74. The van der Waals surface area contributed by atoms with Crippen LogP contribution in [0.5, 0.6) is 0 Å². The molecule has 0 N–H and O–H groups in total. The number of nitrogens with zero attached hydrogens (tertiary/aromatic N) is 5. The Bertz CT molecular complexity index is 2000. The van der Waals surface area contributed by atoms with Gasteiger partial charge in [0.15, 0.2) is 0 Å². The Labute approximate surface area is 245 Å². The Morgan fingerprint density at radius 3 is 2.21 bits per heavy atom. The van der Waals surface area contributed by atoms with Gasteiger partial charge in [-0.3, -0.25) is 9.97 Å². The first kappa shape index (κ1) is 24.7. The van der Waals surface area contributed by atoms with Crippen LogP contribution in [-0.2, 0) is 0 Å². The van der Waals surface area contributed by atoms with Gasteiger partial charge >= 0.3 is 0 Å². The van der Waals surface area contributed by atoms with E-state index in [9.17, 15) is 0 Å². The van der Waals surface area contributed by atoms with Gasteiger partial charge in [-0.1, -0.05) is 55.7 Å². The predicted molar refractivity (Wildman–Crippen MR) is 171 cm³/mol. The molecular weight excluding hydrogens is 514 g/mol. The molecular formula is C37H31N5. The maximum absolute atomic E-state index is 4.99. The van der Waals surface area contributed by atoms with Crippen molar-refractivity contribution < 1.29 is 0 Å². The molecule has 5 heteroatoms. The zero-order valence-corrected chi connectivity index (χ0v) is 23.4. The highest BCUT2D eigenvalue weighted by molar-refractivity contribution is 6.15. The van der Waals surface area contributed by atoms with Crippen LogP contribution in [0.25, 0.3) is 61.4 Å². The van der Waals surface area contributed by atoms with Crippen LogP contribution in [0.4, 0.5) is 0 Å². The van der Waals surface area contributed by atoms with Gasteiger partial charge in [0.1, 0.15) is 5.82 Å². The van der Waals surface area contributed by atoms with Crippen molar-refractivity contribution in [2.24, 2.45) is 0 Å². The first-order valence-electron chi connectivity index (χ1n) is 14.9. The van der Waals surface area contributed by atoms with Crippen molar-refractivity contribution in [2.45, 2.75) is 38.1 Å². The number of rotatable bonds is 5. The van der Waals surface area contributed by atoms with Gasteiger partial charge in [0.2, 0.25) is 0 Å². The van der Waals surface area contributed by atoms with Crippen molar-refractivity contribution in [3.8, 4) is 39.6 Å². The Morgan fingerprint density at radius 2 is 1.40 bits per heavy atom. The standard InChI is InChI=1S/C37H31N5/c1-2-9-28(10-3-1)42-35(32-13-6-7-22-39-32)25-40-37(42)27-16-18-29(19-17-27)41-33-14-5-4-11-31(33)36-30(12-8-15-34(36)41)26-20-23-38-24-21-26/h4-8,11-25,28H,1-3,9-10H2. The molecule has 42 heavy (non-hydrogen) atoms. The Morgan fingerprint density at radius 1 is 0.619 bits per heavy atom. The van der Waals surface area contributed by atoms with E-state index in [0.29, 0.717) is 6.04 Å². The Kier molecular flexibility index (Phi) is 6.14. The van der Waals surface area contributed by atoms with Crippen LogP contribution in [0.3, 0.4) is 0 Å². The number of aromatic nitrogens is 5. The highest BCUT2D eigenvalue weighted by Crippen LogP contribution is 2.40. The minimum atomic E-state index is 0.442. The molecule has 7 aromatic rings. The molecule has 1 saturated carbocycles. The summed E-state index contributed by atoms with van der Waals surface area (Å²) in [5.74, 6) is 1.02. The van der Waals surface area contributed by atoms with Gasteiger partial charge in [-0.05, 0) is 84.6 Å². The van der Waals surface area contributed by atoms with E-state index in [-0.39, 0.29) is 0 Å². The second-order valence-electron chi connectivity index (χ2n) is 11.2. The maximum Gasteiger partial charge on any atom is 0.140 e. The number of pyridine rings is 2. The van der Waals surface area contributed by atoms with E-state index < -0.39 is 0 Å². The minimum Gasteiger partial charge on any atom is -0.320 e. The van der Waals surface area contributed by atoms with Gasteiger partial charge in [-0.25, -0.2) is 4.98 Å². The smallest absolute Gasteiger partial charge is 0.140 e. The van der Waals surface area contributed by atoms with E-state index in [1.165, 1.54) is 65.0 Å². The lowest BCUT2D eigenvalue weighted by Crippen LogP contribution is -2.15. The summed E-state index contributed by atoms with van der Waals surface area (Å²) in [6.07, 6.45) is 13.8. The fourth-order valence-corrected chi connectivity index (χ4v) is 6.82. The summed E-state index contributed by atoms with van der Waals surface area (Å²) in [4.78, 5) is 13.9. The normalized spacial score (nSPS) is 14.1. The van der Waals surface area contributed by atoms with E-state index >= 15 is 0 Å². The fraction of sp³-hybridized carbons (Fsp3) is 0.162. The third kappa shape index (κ3) is 4.12. The van der Waals surface area contributed by atoms with Crippen LogP contribution >= 0.6 is 0 Å². The van der Waals surface area contributed by atoms with Gasteiger partial charge in [0.25, 0.3) is 0 Å². The van der Waals surface area contributed by atoms with Crippen molar-refractivity contribution in [1.82, 2.24) is 24.1 Å². The van der Waals surface area contributed by atoms with Crippen molar-refractivity contribution in [1.29, 1.82) is 0 Å². The molecule has 1 fully saturated rings. The number of benzene rings is 3. The lowest BCUT2D eigenvalue weighted by molar-refractivity contribution is 0.358. The Balaban J connectivity index is 1.26. The SMILES string of the molecule is c1ccc(-c2cnc(-c3ccc(-n4c5ccccc5c5c(-c6ccncc6)cccc54)cc3)n2C2CCCCC2)nc1. The van der Waals surface area contributed by atoms with Crippen molar-refractivity contribution in [3.63, 3.8) is 0 Å². The molecule has 1 aliphatic rings. The quantitative estimate of drug-likeness (QED) is 0.217. The average Bonchev–Trinajstić information content (AvgIpc) is 3.66. The van der Waals surface area contributed by atoms with E-state index in [0.717, 1.165) is 28.5 Å². The minimum absolute atomic E-state index is 0.442. The maximum atomic E-state index is 4.99. The summed E-state index contributed by atoms with van der Waals surface area (Å²) in [5, 5.41) is 2.51. The lowest BCUT2D eigenvalue weighted by atomic mass is 9.94. The largest absolute Gasteiger partial charge is 0.320 e. The second kappa shape index (κ2) is 10.4. The summed E-state index contributed by atoms with van der Waals surface area (Å²) in [6.45, 7) is 0. The molecule has 1 aliphatic carbocycles. The van der Waals surface area contributed by atoms with E-state index in [4.69, 9.17) is 4.98 Å². The molecule has 0 amide bonds.